The number of rotatable bonds is 5. The standard InChI is InChI=1S/C18H15ClN4O3/c19-13-6-2-1-5-11(13)15(24)10-22-17(25)12-9-21-16(23-18(12)26)14-7-3-4-8-20-14/h1-9,15,24H,10H2,(H,22,25)(H,21,23,26). The highest BCUT2D eigenvalue weighted by Gasteiger charge is 2.16. The lowest BCUT2D eigenvalue weighted by Gasteiger charge is -2.13. The summed E-state index contributed by atoms with van der Waals surface area (Å²) in [5.41, 5.74) is 0.235. The number of aromatic nitrogens is 3. The molecule has 3 rings (SSSR count). The lowest BCUT2D eigenvalue weighted by Crippen LogP contribution is -2.33. The lowest BCUT2D eigenvalue weighted by atomic mass is 10.1. The molecule has 2 aromatic heterocycles. The zero-order chi connectivity index (χ0) is 18.5. The Bertz CT molecular complexity index is 975. The third-order valence-corrected chi connectivity index (χ3v) is 4.02. The Balaban J connectivity index is 1.70. The molecule has 1 atom stereocenters. The summed E-state index contributed by atoms with van der Waals surface area (Å²) in [6.07, 6.45) is 1.76. The maximum absolute atomic E-state index is 12.2. The summed E-state index contributed by atoms with van der Waals surface area (Å²) in [6.45, 7) is -0.0933. The van der Waals surface area contributed by atoms with Crippen molar-refractivity contribution in [3.05, 3.63) is 81.4 Å². The van der Waals surface area contributed by atoms with Crippen molar-refractivity contribution in [3.63, 3.8) is 0 Å². The molecule has 1 amide bonds. The normalized spacial score (nSPS) is 11.8. The molecule has 26 heavy (non-hydrogen) atoms. The summed E-state index contributed by atoms with van der Waals surface area (Å²) in [4.78, 5) is 35.0. The number of hydrogen-bond donors (Lipinski definition) is 3. The molecule has 0 saturated heterocycles. The van der Waals surface area contributed by atoms with Crippen molar-refractivity contribution in [2.24, 2.45) is 0 Å². The van der Waals surface area contributed by atoms with Crippen molar-refractivity contribution in [1.82, 2.24) is 20.3 Å². The minimum absolute atomic E-state index is 0.0933. The van der Waals surface area contributed by atoms with Gasteiger partial charge in [-0.05, 0) is 18.2 Å². The largest absolute Gasteiger partial charge is 0.387 e. The third-order valence-electron chi connectivity index (χ3n) is 3.67. The van der Waals surface area contributed by atoms with Crippen molar-refractivity contribution in [2.45, 2.75) is 6.10 Å². The minimum atomic E-state index is -0.993. The van der Waals surface area contributed by atoms with Gasteiger partial charge in [0.05, 0.1) is 6.10 Å². The summed E-state index contributed by atoms with van der Waals surface area (Å²) < 4.78 is 0. The molecule has 8 heteroatoms. The van der Waals surface area contributed by atoms with Crippen molar-refractivity contribution >= 4 is 17.5 Å². The van der Waals surface area contributed by atoms with Gasteiger partial charge in [-0.3, -0.25) is 14.6 Å². The molecular weight excluding hydrogens is 356 g/mol. The van der Waals surface area contributed by atoms with E-state index < -0.39 is 17.6 Å². The molecule has 0 bridgehead atoms. The van der Waals surface area contributed by atoms with E-state index in [0.717, 1.165) is 0 Å². The fourth-order valence-corrected chi connectivity index (χ4v) is 2.59. The average molecular weight is 371 g/mol. The number of aliphatic hydroxyl groups is 1. The van der Waals surface area contributed by atoms with Crippen LogP contribution >= 0.6 is 11.6 Å². The smallest absolute Gasteiger partial charge is 0.264 e. The van der Waals surface area contributed by atoms with Gasteiger partial charge in [-0.2, -0.15) is 0 Å². The van der Waals surface area contributed by atoms with Gasteiger partial charge in [-0.25, -0.2) is 4.98 Å². The predicted molar refractivity (Wildman–Crippen MR) is 96.8 cm³/mol. The molecule has 0 spiro atoms. The minimum Gasteiger partial charge on any atom is -0.387 e. The van der Waals surface area contributed by atoms with E-state index in [4.69, 9.17) is 11.6 Å². The Morgan fingerprint density at radius 1 is 1.19 bits per heavy atom. The molecule has 0 saturated carbocycles. The highest BCUT2D eigenvalue weighted by molar-refractivity contribution is 6.31. The summed E-state index contributed by atoms with van der Waals surface area (Å²) in [6, 6.07) is 12.0. The van der Waals surface area contributed by atoms with E-state index >= 15 is 0 Å². The molecular formula is C18H15ClN4O3. The van der Waals surface area contributed by atoms with Gasteiger partial charge in [0.1, 0.15) is 11.3 Å². The monoisotopic (exact) mass is 370 g/mol. The molecule has 2 heterocycles. The van der Waals surface area contributed by atoms with Crippen LogP contribution in [-0.4, -0.2) is 32.5 Å². The summed E-state index contributed by atoms with van der Waals surface area (Å²) >= 11 is 6.01. The van der Waals surface area contributed by atoms with Crippen LogP contribution in [0.4, 0.5) is 0 Å². The maximum atomic E-state index is 12.2. The van der Waals surface area contributed by atoms with Gasteiger partial charge in [0.15, 0.2) is 5.82 Å². The van der Waals surface area contributed by atoms with Crippen LogP contribution in [0.15, 0.2) is 59.7 Å². The van der Waals surface area contributed by atoms with E-state index in [2.05, 4.69) is 20.3 Å². The topological polar surface area (TPSA) is 108 Å². The number of aromatic amines is 1. The number of benzene rings is 1. The molecule has 7 nitrogen and oxygen atoms in total. The first-order valence-corrected chi connectivity index (χ1v) is 8.15. The van der Waals surface area contributed by atoms with Crippen LogP contribution in [-0.2, 0) is 0 Å². The number of carbonyl (C=O) groups excluding carboxylic acids is 1. The third kappa shape index (κ3) is 3.96. The molecule has 0 aliphatic heterocycles. The highest BCUT2D eigenvalue weighted by atomic mass is 35.5. The van der Waals surface area contributed by atoms with Crippen LogP contribution in [0, 0.1) is 0 Å². The van der Waals surface area contributed by atoms with Gasteiger partial charge in [-0.1, -0.05) is 35.9 Å². The number of halogens is 1. The fourth-order valence-electron chi connectivity index (χ4n) is 2.33. The van der Waals surface area contributed by atoms with E-state index in [1.165, 1.54) is 6.20 Å². The Labute approximate surface area is 153 Å². The van der Waals surface area contributed by atoms with Gasteiger partial charge in [0.2, 0.25) is 0 Å². The maximum Gasteiger partial charge on any atom is 0.264 e. The number of aliphatic hydroxyl groups excluding tert-OH is 1. The van der Waals surface area contributed by atoms with Gasteiger partial charge < -0.3 is 15.4 Å². The fraction of sp³-hybridized carbons (Fsp3) is 0.111. The Morgan fingerprint density at radius 2 is 1.96 bits per heavy atom. The van der Waals surface area contributed by atoms with Crippen LogP contribution in [0.25, 0.3) is 11.5 Å². The van der Waals surface area contributed by atoms with Crippen LogP contribution in [0.3, 0.4) is 0 Å². The molecule has 3 N–H and O–H groups in total. The summed E-state index contributed by atoms with van der Waals surface area (Å²) in [5.74, 6) is -0.374. The Morgan fingerprint density at radius 3 is 2.65 bits per heavy atom. The van der Waals surface area contributed by atoms with Crippen LogP contribution in [0.1, 0.15) is 22.0 Å². The van der Waals surface area contributed by atoms with Crippen molar-refractivity contribution in [3.8, 4) is 11.5 Å². The SMILES string of the molecule is O=C(NCC(O)c1ccccc1Cl)c1cnc(-c2ccccn2)[nH]c1=O. The number of hydrogen-bond acceptors (Lipinski definition) is 5. The first-order valence-electron chi connectivity index (χ1n) is 7.77. The zero-order valence-electron chi connectivity index (χ0n) is 13.5. The van der Waals surface area contributed by atoms with Crippen molar-refractivity contribution in [2.75, 3.05) is 6.54 Å². The Hall–Kier alpha value is -3.03. The van der Waals surface area contributed by atoms with Gasteiger partial charge in [-0.15, -0.1) is 0 Å². The molecule has 1 unspecified atom stereocenters. The van der Waals surface area contributed by atoms with Crippen molar-refractivity contribution < 1.29 is 9.90 Å². The molecule has 0 fully saturated rings. The molecule has 3 aromatic rings. The van der Waals surface area contributed by atoms with Crippen LogP contribution in [0.5, 0.6) is 0 Å². The summed E-state index contributed by atoms with van der Waals surface area (Å²) in [5, 5.41) is 13.0. The van der Waals surface area contributed by atoms with Crippen LogP contribution < -0.4 is 10.9 Å². The number of amides is 1. The number of nitrogens with one attached hydrogen (secondary N) is 2. The van der Waals surface area contributed by atoms with E-state index in [-0.39, 0.29) is 17.9 Å². The van der Waals surface area contributed by atoms with Crippen LogP contribution in [0.2, 0.25) is 5.02 Å². The number of nitrogens with zero attached hydrogens (tertiary/aromatic N) is 2. The number of H-pyrrole nitrogens is 1. The zero-order valence-corrected chi connectivity index (χ0v) is 14.3. The lowest BCUT2D eigenvalue weighted by molar-refractivity contribution is 0.0914. The van der Waals surface area contributed by atoms with E-state index in [9.17, 15) is 14.7 Å². The molecule has 0 aliphatic rings. The van der Waals surface area contributed by atoms with E-state index in [1.807, 2.05) is 0 Å². The number of pyridine rings is 1. The first kappa shape index (κ1) is 17.8. The second-order valence-electron chi connectivity index (χ2n) is 5.44. The average Bonchev–Trinajstić information content (AvgIpc) is 2.67. The van der Waals surface area contributed by atoms with Crippen molar-refractivity contribution in [1.29, 1.82) is 0 Å². The second-order valence-corrected chi connectivity index (χ2v) is 5.84. The van der Waals surface area contributed by atoms with E-state index in [1.54, 1.807) is 48.7 Å². The second kappa shape index (κ2) is 7.90. The van der Waals surface area contributed by atoms with Gasteiger partial charge in [0.25, 0.3) is 11.5 Å². The Kier molecular flexibility index (Phi) is 5.40. The molecule has 132 valence electrons. The quantitative estimate of drug-likeness (QED) is 0.636. The number of carbonyl (C=O) groups is 1. The van der Waals surface area contributed by atoms with E-state index in [0.29, 0.717) is 16.3 Å². The highest BCUT2D eigenvalue weighted by Crippen LogP contribution is 2.21. The predicted octanol–water partition coefficient (Wildman–Crippen LogP) is 1.95. The molecule has 0 radical (unpaired) electrons. The summed E-state index contributed by atoms with van der Waals surface area (Å²) in [7, 11) is 0. The van der Waals surface area contributed by atoms with Gasteiger partial charge >= 0.3 is 0 Å². The van der Waals surface area contributed by atoms with Gasteiger partial charge in [0, 0.05) is 29.5 Å². The molecule has 1 aromatic carbocycles. The molecule has 0 aliphatic carbocycles. The first-order chi connectivity index (χ1) is 12.6.